The van der Waals surface area contributed by atoms with E-state index in [1.807, 2.05) is 26.0 Å². The predicted molar refractivity (Wildman–Crippen MR) is 51.0 cm³/mol. The van der Waals surface area contributed by atoms with Crippen molar-refractivity contribution >= 4 is 7.92 Å². The van der Waals surface area contributed by atoms with Crippen molar-refractivity contribution in [1.82, 2.24) is 4.90 Å². The van der Waals surface area contributed by atoms with E-state index in [1.165, 1.54) is 0 Å². The summed E-state index contributed by atoms with van der Waals surface area (Å²) in [5.74, 6) is 0. The quantitative estimate of drug-likeness (QED) is 0.480. The van der Waals surface area contributed by atoms with E-state index in [2.05, 4.69) is 20.0 Å². The Balaban J connectivity index is -0.0000000720. The van der Waals surface area contributed by atoms with Gasteiger partial charge in [0.2, 0.25) is 0 Å². The third kappa shape index (κ3) is 2250. The average molecular weight is 151 g/mol. The second kappa shape index (κ2) is 11.2. The molecular weight excluding hydrogens is 129 g/mol. The standard InChI is InChI=1S/C3H9N.C3H9P.CH4/c2*1-4(2)3;/h2*1-3H3;1H4. The molecule has 0 saturated heterocycles. The van der Waals surface area contributed by atoms with Crippen LogP contribution in [0.15, 0.2) is 0 Å². The fourth-order valence-electron chi connectivity index (χ4n) is 0. The van der Waals surface area contributed by atoms with E-state index in [9.17, 15) is 0 Å². The Labute approximate surface area is 62.2 Å². The van der Waals surface area contributed by atoms with Crippen LogP contribution in [0.25, 0.3) is 0 Å². The van der Waals surface area contributed by atoms with Gasteiger partial charge in [-0.2, -0.15) is 0 Å². The summed E-state index contributed by atoms with van der Waals surface area (Å²) in [6.07, 6.45) is 0. The molecule has 0 aromatic rings. The molecule has 0 radical (unpaired) electrons. The number of hydrogen-bond acceptors (Lipinski definition) is 1. The summed E-state index contributed by atoms with van der Waals surface area (Å²) < 4.78 is 0. The van der Waals surface area contributed by atoms with Crippen LogP contribution in [0.5, 0.6) is 0 Å². The van der Waals surface area contributed by atoms with Gasteiger partial charge in [0.15, 0.2) is 0 Å². The lowest BCUT2D eigenvalue weighted by Crippen LogP contribution is -1.99. The molecule has 0 spiro atoms. The fourth-order valence-corrected chi connectivity index (χ4v) is 0. The van der Waals surface area contributed by atoms with Crippen LogP contribution in [-0.2, 0) is 0 Å². The molecule has 0 aliphatic heterocycles. The van der Waals surface area contributed by atoms with E-state index in [0.717, 1.165) is 0 Å². The number of hydrogen-bond donors (Lipinski definition) is 0. The summed E-state index contributed by atoms with van der Waals surface area (Å²) in [5.41, 5.74) is 0. The Morgan fingerprint density at radius 3 is 0.889 bits per heavy atom. The van der Waals surface area contributed by atoms with Crippen molar-refractivity contribution in [2.45, 2.75) is 7.43 Å². The van der Waals surface area contributed by atoms with Crippen molar-refractivity contribution < 1.29 is 0 Å². The maximum atomic E-state index is 2.23. The molecule has 9 heavy (non-hydrogen) atoms. The van der Waals surface area contributed by atoms with Crippen LogP contribution in [0.3, 0.4) is 0 Å². The lowest BCUT2D eigenvalue weighted by Gasteiger charge is -1.90. The van der Waals surface area contributed by atoms with Crippen LogP contribution < -0.4 is 0 Å². The van der Waals surface area contributed by atoms with Gasteiger partial charge in [0.05, 0.1) is 0 Å². The number of nitrogens with zero attached hydrogens (tertiary/aromatic N) is 1. The molecule has 0 unspecified atom stereocenters. The molecule has 0 rings (SSSR count). The predicted octanol–water partition coefficient (Wildman–Crippen LogP) is 2.17. The highest BCUT2D eigenvalue weighted by atomic mass is 31.1. The lowest BCUT2D eigenvalue weighted by atomic mass is 11.0. The maximum Gasteiger partial charge on any atom is -0.0140 e. The van der Waals surface area contributed by atoms with E-state index >= 15 is 0 Å². The lowest BCUT2D eigenvalue weighted by molar-refractivity contribution is 0.505. The van der Waals surface area contributed by atoms with Crippen molar-refractivity contribution in [2.24, 2.45) is 0 Å². The summed E-state index contributed by atoms with van der Waals surface area (Å²) in [6.45, 7) is 6.69. The normalized spacial score (nSPS) is 8.00. The summed E-state index contributed by atoms with van der Waals surface area (Å²) in [5, 5.41) is 0. The van der Waals surface area contributed by atoms with Gasteiger partial charge >= 0.3 is 0 Å². The Bertz CT molecular complexity index is 24.4. The first kappa shape index (κ1) is 16.2. The van der Waals surface area contributed by atoms with Gasteiger partial charge in [0.1, 0.15) is 0 Å². The highest BCUT2D eigenvalue weighted by Crippen LogP contribution is 2.14. The second-order valence-electron chi connectivity index (χ2n) is 2.68. The molecule has 0 N–H and O–H groups in total. The molecule has 0 atom stereocenters. The first-order valence-corrected chi connectivity index (χ1v) is 5.37. The van der Waals surface area contributed by atoms with Crippen molar-refractivity contribution in [3.8, 4) is 0 Å². The first-order chi connectivity index (χ1) is 3.46. The van der Waals surface area contributed by atoms with E-state index in [1.54, 1.807) is 0 Å². The first-order valence-electron chi connectivity index (χ1n) is 2.68. The molecule has 0 aromatic carbocycles. The van der Waals surface area contributed by atoms with Gasteiger partial charge in [-0.3, -0.25) is 0 Å². The smallest absolute Gasteiger partial charge is 0.0140 e. The van der Waals surface area contributed by atoms with Gasteiger partial charge < -0.3 is 4.90 Å². The molecule has 0 saturated carbocycles. The molecule has 0 aromatic heterocycles. The van der Waals surface area contributed by atoms with Crippen LogP contribution in [0, 0.1) is 0 Å². The average Bonchev–Trinajstić information content (AvgIpc) is 1.25. The topological polar surface area (TPSA) is 3.24 Å². The monoisotopic (exact) mass is 151 g/mol. The van der Waals surface area contributed by atoms with Gasteiger partial charge in [-0.05, 0) is 41.1 Å². The Kier molecular flexibility index (Phi) is 20.2. The van der Waals surface area contributed by atoms with Gasteiger partial charge in [-0.15, -0.1) is 7.92 Å². The van der Waals surface area contributed by atoms with Gasteiger partial charge in [0.25, 0.3) is 0 Å². The largest absolute Gasteiger partial charge is 0.312 e. The summed E-state index contributed by atoms with van der Waals surface area (Å²) in [4.78, 5) is 2.00. The van der Waals surface area contributed by atoms with E-state index in [-0.39, 0.29) is 7.43 Å². The molecule has 1 nitrogen and oxygen atoms in total. The van der Waals surface area contributed by atoms with E-state index in [0.29, 0.717) is 7.92 Å². The summed E-state index contributed by atoms with van der Waals surface area (Å²) in [6, 6.07) is 0. The molecule has 0 fully saturated rings. The van der Waals surface area contributed by atoms with Crippen molar-refractivity contribution in [3.05, 3.63) is 0 Å². The molecule has 0 aliphatic rings. The van der Waals surface area contributed by atoms with Crippen LogP contribution in [-0.4, -0.2) is 46.0 Å². The van der Waals surface area contributed by atoms with Crippen molar-refractivity contribution in [1.29, 1.82) is 0 Å². The maximum absolute atomic E-state index is 2.23. The van der Waals surface area contributed by atoms with Gasteiger partial charge in [0, 0.05) is 0 Å². The van der Waals surface area contributed by atoms with E-state index < -0.39 is 0 Å². The minimum absolute atomic E-state index is 0. The molecular formula is C7H22NP. The molecule has 0 aliphatic carbocycles. The molecule has 60 valence electrons. The zero-order chi connectivity index (χ0) is 7.15. The van der Waals surface area contributed by atoms with Crippen LogP contribution in [0.4, 0.5) is 0 Å². The Morgan fingerprint density at radius 1 is 0.889 bits per heavy atom. The third-order valence-electron chi connectivity index (χ3n) is 0. The SMILES string of the molecule is C.CN(C)C.CP(C)C. The second-order valence-corrected chi connectivity index (χ2v) is 5.37. The molecule has 2 heteroatoms. The molecule has 0 bridgehead atoms. The van der Waals surface area contributed by atoms with Crippen LogP contribution in [0.1, 0.15) is 7.43 Å². The minimum Gasteiger partial charge on any atom is -0.312 e. The summed E-state index contributed by atoms with van der Waals surface area (Å²) in [7, 11) is 6.38. The highest BCUT2D eigenvalue weighted by Gasteiger charge is 1.65. The van der Waals surface area contributed by atoms with Crippen LogP contribution >= 0.6 is 7.92 Å². The summed E-state index contributed by atoms with van der Waals surface area (Å²) >= 11 is 0. The highest BCUT2D eigenvalue weighted by molar-refractivity contribution is 7.55. The zero-order valence-corrected chi connectivity index (χ0v) is 7.79. The van der Waals surface area contributed by atoms with Crippen LogP contribution in [0.2, 0.25) is 0 Å². The fraction of sp³-hybridized carbons (Fsp3) is 1.00. The molecule has 0 amide bonds. The Hall–Kier alpha value is 0.390. The zero-order valence-electron chi connectivity index (χ0n) is 6.89. The van der Waals surface area contributed by atoms with E-state index in [4.69, 9.17) is 0 Å². The van der Waals surface area contributed by atoms with Gasteiger partial charge in [-0.1, -0.05) is 7.43 Å². The van der Waals surface area contributed by atoms with Gasteiger partial charge in [-0.25, -0.2) is 0 Å². The Morgan fingerprint density at radius 2 is 0.889 bits per heavy atom. The molecule has 0 heterocycles. The van der Waals surface area contributed by atoms with Crippen molar-refractivity contribution in [2.75, 3.05) is 41.1 Å². The minimum atomic E-state index is 0. The van der Waals surface area contributed by atoms with Crippen molar-refractivity contribution in [3.63, 3.8) is 0 Å². The number of rotatable bonds is 0. The third-order valence-corrected chi connectivity index (χ3v) is 0.